The number of rotatable bonds is 20. The molecule has 1 saturated heterocycles. The van der Waals surface area contributed by atoms with Gasteiger partial charge in [0.1, 0.15) is 0 Å². The second-order valence-electron chi connectivity index (χ2n) is 21.6. The zero-order valence-electron chi connectivity index (χ0n) is 46.2. The van der Waals surface area contributed by atoms with Crippen molar-refractivity contribution >= 4 is 163 Å². The van der Waals surface area contributed by atoms with Crippen molar-refractivity contribution in [2.75, 3.05) is 13.2 Å². The maximum absolute atomic E-state index is 5.82. The smallest absolute Gasteiger partial charge is 0.406 e. The summed E-state index contributed by atoms with van der Waals surface area (Å²) in [6.07, 6.45) is 19.5. The number of hydrogen-bond acceptors (Lipinski definition) is 9. The normalized spacial score (nSPS) is 13.4. The molecule has 0 N–H and O–H groups in total. The third-order valence-corrected chi connectivity index (χ3v) is 23.8. The van der Waals surface area contributed by atoms with Crippen molar-refractivity contribution in [3.05, 3.63) is 157 Å². The molecule has 1 aliphatic heterocycles. The van der Waals surface area contributed by atoms with Crippen LogP contribution in [0, 0.1) is 5.41 Å². The second kappa shape index (κ2) is 28.4. The van der Waals surface area contributed by atoms with Gasteiger partial charge in [0, 0.05) is 117 Å². The molecule has 0 unspecified atom stereocenters. The summed E-state index contributed by atoms with van der Waals surface area (Å²) >= 11 is 20.4. The Morgan fingerprint density at radius 3 is 1.19 bits per heavy atom. The van der Waals surface area contributed by atoms with Crippen LogP contribution in [0.3, 0.4) is 0 Å². The van der Waals surface area contributed by atoms with Gasteiger partial charge < -0.3 is 9.31 Å². The molecule has 7 aromatic heterocycles. The van der Waals surface area contributed by atoms with Crippen molar-refractivity contribution in [2.45, 2.75) is 131 Å². The molecule has 0 radical (unpaired) electrons. The Labute approximate surface area is 514 Å². The van der Waals surface area contributed by atoms with Gasteiger partial charge in [0.25, 0.3) is 0 Å². The lowest BCUT2D eigenvalue weighted by molar-refractivity contribution is 0.0346. The summed E-state index contributed by atoms with van der Waals surface area (Å²) < 4.78 is 20.6. The first-order valence-corrected chi connectivity index (χ1v) is 35.8. The van der Waals surface area contributed by atoms with E-state index in [1.807, 2.05) is 79.4 Å². The van der Waals surface area contributed by atoms with Crippen molar-refractivity contribution in [2.24, 2.45) is 5.41 Å². The molecule has 79 heavy (non-hydrogen) atoms. The summed E-state index contributed by atoms with van der Waals surface area (Å²) in [7, 11) is -0.137. The molecule has 0 atom stereocenters. The Hall–Kier alpha value is -3.24. The number of thiophene rings is 7. The van der Waals surface area contributed by atoms with Gasteiger partial charge in [-0.15, -0.1) is 79.4 Å². The van der Waals surface area contributed by atoms with Crippen molar-refractivity contribution in [1.29, 1.82) is 0 Å². The van der Waals surface area contributed by atoms with E-state index < -0.39 is 0 Å². The summed E-state index contributed by atoms with van der Waals surface area (Å²) in [5, 5.41) is 5.41. The lowest BCUT2D eigenvalue weighted by Crippen LogP contribution is -2.46. The summed E-state index contributed by atoms with van der Waals surface area (Å²) in [6, 6.07) is 50.0. The number of aryl methyl sites for hydroxylation is 3. The molecule has 410 valence electrons. The number of benzene rings is 4. The van der Waals surface area contributed by atoms with Crippen molar-refractivity contribution in [3.63, 3.8) is 0 Å². The zero-order valence-corrected chi connectivity index (χ0v) is 55.1. The third-order valence-electron chi connectivity index (χ3n) is 14.5. The predicted molar refractivity (Wildman–Crippen MR) is 366 cm³/mol. The number of unbranched alkanes of at least 4 members (excludes halogenated alkanes) is 9. The Kier molecular flexibility index (Phi) is 21.2. The lowest BCUT2D eigenvalue weighted by Gasteiger charge is -2.32. The highest BCUT2D eigenvalue weighted by atomic mass is 79.9. The van der Waals surface area contributed by atoms with Crippen LogP contribution in [0.4, 0.5) is 0 Å². The average molecular weight is 1300 g/mol. The Balaban J connectivity index is 0.000000168. The van der Waals surface area contributed by atoms with Gasteiger partial charge in [0.05, 0.1) is 0 Å². The minimum absolute atomic E-state index is 0.137. The van der Waals surface area contributed by atoms with Crippen LogP contribution >= 0.6 is 111 Å². The van der Waals surface area contributed by atoms with Gasteiger partial charge in [-0.05, 0) is 141 Å². The first-order chi connectivity index (χ1) is 38.5. The Morgan fingerprint density at radius 1 is 0.380 bits per heavy atom. The topological polar surface area (TPSA) is 18.5 Å². The van der Waals surface area contributed by atoms with E-state index in [-0.39, 0.29) is 12.5 Å². The fourth-order valence-electron chi connectivity index (χ4n) is 10.0. The van der Waals surface area contributed by atoms with Crippen LogP contribution < -0.4 is 4.78 Å². The van der Waals surface area contributed by atoms with Crippen LogP contribution in [-0.2, 0) is 28.6 Å². The van der Waals surface area contributed by atoms with Crippen molar-refractivity contribution < 1.29 is 9.31 Å². The second-order valence-corrected chi connectivity index (χ2v) is 31.3. The van der Waals surface area contributed by atoms with Gasteiger partial charge in [-0.2, -0.15) is 0 Å². The highest BCUT2D eigenvalue weighted by Gasteiger charge is 2.34. The quantitative estimate of drug-likeness (QED) is 0.0559. The molecule has 2 nitrogen and oxygen atoms in total. The lowest BCUT2D eigenvalue weighted by atomic mass is 9.82. The van der Waals surface area contributed by atoms with Crippen LogP contribution in [-0.4, -0.2) is 20.3 Å². The molecule has 1 fully saturated rings. The van der Waals surface area contributed by atoms with E-state index in [0.29, 0.717) is 0 Å². The van der Waals surface area contributed by atoms with E-state index >= 15 is 0 Å². The molecule has 0 spiro atoms. The molecule has 12 rings (SSSR count). The number of fused-ring (bicyclic) bond motifs is 6. The zero-order chi connectivity index (χ0) is 54.7. The van der Waals surface area contributed by atoms with Gasteiger partial charge in [-0.1, -0.05) is 167 Å². The van der Waals surface area contributed by atoms with E-state index in [2.05, 4.69) is 200 Å². The molecule has 0 amide bonds. The largest absolute Gasteiger partial charge is 0.504 e. The fourth-order valence-corrected chi connectivity index (χ4v) is 18.8. The van der Waals surface area contributed by atoms with E-state index in [1.54, 1.807) is 0 Å². The first kappa shape index (κ1) is 58.9. The molecular formula is C67H71BBr2O2S7. The fraction of sp³-hybridized carbons (Fsp3) is 0.343. The Bertz CT molecular complexity index is 3500. The molecule has 1 aliphatic rings. The number of hydrogen-bond donors (Lipinski definition) is 0. The summed E-state index contributed by atoms with van der Waals surface area (Å²) in [5.41, 5.74) is 2.80. The molecular weight excluding hydrogens is 1230 g/mol. The SMILES string of the molecule is Brc1ccc2c(c1)sc1cc(Br)ccc12.CCCCCCc1ccc(-c2ccc(-c3ccc4c(c3)sc3cc(-c5ccc(-c6ccc(CCCCCC)s6)s5)ccc34)s2)s1.CCCCCCc1ccc(B2OCC(C)(C)CO2)s1. The Morgan fingerprint density at radius 2 is 0.747 bits per heavy atom. The van der Waals surface area contributed by atoms with Gasteiger partial charge >= 0.3 is 7.12 Å². The summed E-state index contributed by atoms with van der Waals surface area (Å²) in [6.45, 7) is 12.7. The average Bonchev–Trinajstić information content (AvgIpc) is 4.42. The summed E-state index contributed by atoms with van der Waals surface area (Å²) in [5.74, 6) is 0. The standard InChI is InChI=1S/C40H40S5.C15H25BO2S.C12H6Br2S/c1-3-5-7-9-11-29-15-19-35(41-29)37-23-21-33(43-37)27-13-17-31-32-18-14-28(26-40(32)45-39(31)25-27)34-22-24-38(44-34)36-20-16-30(42-36)12-10-8-6-4-2;1-4-5-6-7-8-13-9-10-14(19-13)16-17-11-15(2,3)12-18-16;13-7-1-3-9-10-4-2-8(14)6-12(10)15-11(9)5-7/h13-26H,3-12H2,1-2H3;9-10H,4-8,11-12H2,1-3H3;1-6H. The van der Waals surface area contributed by atoms with Crippen LogP contribution in [0.1, 0.15) is 126 Å². The minimum atomic E-state index is -0.137. The monoisotopic (exact) mass is 1300 g/mol. The van der Waals surface area contributed by atoms with Crippen LogP contribution in [0.2, 0.25) is 0 Å². The number of halogens is 2. The minimum Gasteiger partial charge on any atom is -0.406 e. The van der Waals surface area contributed by atoms with Gasteiger partial charge in [0.2, 0.25) is 0 Å². The predicted octanol–water partition coefficient (Wildman–Crippen LogP) is 24.4. The van der Waals surface area contributed by atoms with Gasteiger partial charge in [0.15, 0.2) is 0 Å². The maximum atomic E-state index is 5.82. The highest BCUT2D eigenvalue weighted by molar-refractivity contribution is 9.10. The van der Waals surface area contributed by atoms with E-state index in [1.165, 1.54) is 196 Å². The molecule has 8 heterocycles. The highest BCUT2D eigenvalue weighted by Crippen LogP contribution is 2.44. The van der Waals surface area contributed by atoms with Crippen LogP contribution in [0.25, 0.3) is 80.7 Å². The molecule has 4 aromatic carbocycles. The van der Waals surface area contributed by atoms with Gasteiger partial charge in [-0.3, -0.25) is 0 Å². The van der Waals surface area contributed by atoms with Crippen LogP contribution in [0.5, 0.6) is 0 Å². The maximum Gasteiger partial charge on any atom is 0.504 e. The third kappa shape index (κ3) is 15.5. The molecule has 12 heteroatoms. The van der Waals surface area contributed by atoms with Crippen molar-refractivity contribution in [3.8, 4) is 40.4 Å². The van der Waals surface area contributed by atoms with Crippen LogP contribution in [0.15, 0.2) is 142 Å². The summed E-state index contributed by atoms with van der Waals surface area (Å²) in [4.78, 5) is 12.8. The van der Waals surface area contributed by atoms with E-state index in [9.17, 15) is 0 Å². The van der Waals surface area contributed by atoms with Crippen molar-refractivity contribution in [1.82, 2.24) is 0 Å². The molecule has 0 saturated carbocycles. The first-order valence-electron chi connectivity index (χ1n) is 28.5. The molecule has 11 aromatic rings. The molecule has 0 aliphatic carbocycles. The molecule has 0 bridgehead atoms. The van der Waals surface area contributed by atoms with Gasteiger partial charge in [-0.25, -0.2) is 0 Å². The van der Waals surface area contributed by atoms with E-state index in [4.69, 9.17) is 9.31 Å². The van der Waals surface area contributed by atoms with E-state index in [0.717, 1.165) is 22.2 Å².